The number of hydrogen-bond acceptors (Lipinski definition) is 2. The van der Waals surface area contributed by atoms with Gasteiger partial charge in [0.2, 0.25) is 0 Å². The first kappa shape index (κ1) is 16.7. The van der Waals surface area contributed by atoms with E-state index in [1.807, 2.05) is 26.1 Å². The summed E-state index contributed by atoms with van der Waals surface area (Å²) in [6.07, 6.45) is 9.07. The lowest BCUT2D eigenvalue weighted by molar-refractivity contribution is 0.0703. The molecule has 0 saturated heterocycles. The van der Waals surface area contributed by atoms with Crippen LogP contribution < -0.4 is 0 Å². The Morgan fingerprint density at radius 1 is 1.15 bits per heavy atom. The zero-order valence-corrected chi connectivity index (χ0v) is 13.7. The highest BCUT2D eigenvalue weighted by molar-refractivity contribution is 6.02. The molecule has 1 saturated carbocycles. The maximum Gasteiger partial charge on any atom is 0.103 e. The highest BCUT2D eigenvalue weighted by atomic mass is 16.5. The van der Waals surface area contributed by atoms with Crippen LogP contribution in [0.5, 0.6) is 0 Å². The van der Waals surface area contributed by atoms with E-state index in [0.29, 0.717) is 6.10 Å². The van der Waals surface area contributed by atoms with E-state index < -0.39 is 0 Å². The summed E-state index contributed by atoms with van der Waals surface area (Å²) in [6.45, 7) is 12.3. The van der Waals surface area contributed by atoms with E-state index >= 15 is 0 Å². The zero-order valence-electron chi connectivity index (χ0n) is 13.7. The number of aliphatic imine (C=N–C) groups is 1. The molecule has 2 heteroatoms. The summed E-state index contributed by atoms with van der Waals surface area (Å²) < 4.78 is 6.22. The van der Waals surface area contributed by atoms with Crippen molar-refractivity contribution < 1.29 is 4.74 Å². The van der Waals surface area contributed by atoms with Crippen LogP contribution in [0.3, 0.4) is 0 Å². The first-order chi connectivity index (χ1) is 9.49. The third kappa shape index (κ3) is 4.66. The Bertz CT molecular complexity index is 421. The van der Waals surface area contributed by atoms with Gasteiger partial charge in [-0.05, 0) is 57.9 Å². The van der Waals surface area contributed by atoms with Gasteiger partial charge in [0.25, 0.3) is 0 Å². The monoisotopic (exact) mass is 275 g/mol. The Balaban J connectivity index is 2.91. The van der Waals surface area contributed by atoms with Gasteiger partial charge in [-0.25, -0.2) is 0 Å². The Hall–Kier alpha value is -1.31. The summed E-state index contributed by atoms with van der Waals surface area (Å²) in [6, 6.07) is 0. The first-order valence-corrected chi connectivity index (χ1v) is 7.60. The normalized spacial score (nSPS) is 26.1. The third-order valence-corrected chi connectivity index (χ3v) is 4.12. The molecule has 112 valence electrons. The van der Waals surface area contributed by atoms with Crippen molar-refractivity contribution >= 4 is 5.71 Å². The molecule has 0 bridgehead atoms. The quantitative estimate of drug-likeness (QED) is 0.389. The summed E-state index contributed by atoms with van der Waals surface area (Å²) in [7, 11) is 1.83. The minimum absolute atomic E-state index is 0.363. The van der Waals surface area contributed by atoms with E-state index in [2.05, 4.69) is 32.3 Å². The fourth-order valence-corrected chi connectivity index (χ4v) is 2.85. The molecule has 1 aliphatic carbocycles. The van der Waals surface area contributed by atoms with Crippen LogP contribution in [0.15, 0.2) is 40.6 Å². The molecule has 0 amide bonds. The number of allylic oxidation sites excluding steroid dienone is 5. The molecule has 0 aliphatic heterocycles. The fourth-order valence-electron chi connectivity index (χ4n) is 2.85. The van der Waals surface area contributed by atoms with E-state index in [4.69, 9.17) is 4.74 Å². The third-order valence-electron chi connectivity index (χ3n) is 4.12. The van der Waals surface area contributed by atoms with Crippen LogP contribution >= 0.6 is 0 Å². The van der Waals surface area contributed by atoms with E-state index in [1.165, 1.54) is 25.7 Å². The molecular weight excluding hydrogens is 246 g/mol. The molecule has 0 atom stereocenters. The molecule has 0 aromatic rings. The highest BCUT2D eigenvalue weighted by Crippen LogP contribution is 2.28. The van der Waals surface area contributed by atoms with Gasteiger partial charge in [0.05, 0.1) is 6.10 Å². The molecule has 0 unspecified atom stereocenters. The lowest BCUT2D eigenvalue weighted by Gasteiger charge is -2.28. The standard InChI is InChI=1S/C18H29NO/c1-7-8-14(3)18(15(4)19-6)16(5)20-17-11-9-13(2)10-12-17/h7-8,13,17H,1,9-12H2,2-6H3/b14-8-,18-16-,19-15?. The summed E-state index contributed by atoms with van der Waals surface area (Å²) >= 11 is 0. The second-order valence-electron chi connectivity index (χ2n) is 5.83. The average molecular weight is 275 g/mol. The summed E-state index contributed by atoms with van der Waals surface area (Å²) in [4.78, 5) is 4.32. The van der Waals surface area contributed by atoms with Gasteiger partial charge in [-0.1, -0.05) is 25.7 Å². The number of rotatable bonds is 5. The Labute approximate surface area is 124 Å². The lowest BCUT2D eigenvalue weighted by atomic mass is 9.89. The number of ether oxygens (including phenoxy) is 1. The van der Waals surface area contributed by atoms with Crippen molar-refractivity contribution in [2.45, 2.75) is 59.5 Å². The van der Waals surface area contributed by atoms with Crippen LogP contribution in [0.1, 0.15) is 53.4 Å². The van der Waals surface area contributed by atoms with Crippen molar-refractivity contribution in [1.82, 2.24) is 0 Å². The average Bonchev–Trinajstić information content (AvgIpc) is 2.41. The Morgan fingerprint density at radius 2 is 1.75 bits per heavy atom. The maximum absolute atomic E-state index is 6.22. The summed E-state index contributed by atoms with van der Waals surface area (Å²) in [5.41, 5.74) is 3.29. The maximum atomic E-state index is 6.22. The topological polar surface area (TPSA) is 21.6 Å². The van der Waals surface area contributed by atoms with Crippen molar-refractivity contribution in [3.05, 3.63) is 35.6 Å². The predicted molar refractivity (Wildman–Crippen MR) is 88.2 cm³/mol. The fraction of sp³-hybridized carbons (Fsp3) is 0.611. The van der Waals surface area contributed by atoms with Crippen LogP contribution in [0.4, 0.5) is 0 Å². The Kier molecular flexibility index (Phi) is 6.77. The van der Waals surface area contributed by atoms with Crippen LogP contribution in [0.2, 0.25) is 0 Å². The van der Waals surface area contributed by atoms with E-state index in [-0.39, 0.29) is 0 Å². The van der Waals surface area contributed by atoms with Gasteiger partial charge in [-0.15, -0.1) is 0 Å². The molecule has 0 spiro atoms. The van der Waals surface area contributed by atoms with Crippen LogP contribution in [-0.4, -0.2) is 18.9 Å². The number of hydrogen-bond donors (Lipinski definition) is 0. The Morgan fingerprint density at radius 3 is 2.25 bits per heavy atom. The van der Waals surface area contributed by atoms with E-state index in [0.717, 1.165) is 28.5 Å². The van der Waals surface area contributed by atoms with Gasteiger partial charge in [-0.2, -0.15) is 0 Å². The van der Waals surface area contributed by atoms with Crippen molar-refractivity contribution in [1.29, 1.82) is 0 Å². The molecular formula is C18H29NO. The number of nitrogens with zero attached hydrogens (tertiary/aromatic N) is 1. The largest absolute Gasteiger partial charge is 0.494 e. The van der Waals surface area contributed by atoms with Crippen molar-refractivity contribution in [3.63, 3.8) is 0 Å². The first-order valence-electron chi connectivity index (χ1n) is 7.60. The SMILES string of the molecule is C=C/C=C(C)\C(C(C)=NC)=C(/C)OC1CCC(C)CC1. The van der Waals surface area contributed by atoms with Crippen LogP contribution in [-0.2, 0) is 4.74 Å². The minimum atomic E-state index is 0.363. The molecule has 0 aromatic carbocycles. The summed E-state index contributed by atoms with van der Waals surface area (Å²) in [5, 5.41) is 0. The van der Waals surface area contributed by atoms with Crippen LogP contribution in [0.25, 0.3) is 0 Å². The van der Waals surface area contributed by atoms with Gasteiger partial charge >= 0.3 is 0 Å². The van der Waals surface area contributed by atoms with E-state index in [1.54, 1.807) is 0 Å². The van der Waals surface area contributed by atoms with Gasteiger partial charge in [-0.3, -0.25) is 4.99 Å². The smallest absolute Gasteiger partial charge is 0.103 e. The van der Waals surface area contributed by atoms with Gasteiger partial charge < -0.3 is 4.74 Å². The van der Waals surface area contributed by atoms with Gasteiger partial charge in [0.15, 0.2) is 0 Å². The lowest BCUT2D eigenvalue weighted by Crippen LogP contribution is -2.21. The summed E-state index contributed by atoms with van der Waals surface area (Å²) in [5.74, 6) is 1.84. The van der Waals surface area contributed by atoms with Gasteiger partial charge in [0, 0.05) is 18.3 Å². The van der Waals surface area contributed by atoms with Crippen molar-refractivity contribution in [2.24, 2.45) is 10.9 Å². The molecule has 2 nitrogen and oxygen atoms in total. The highest BCUT2D eigenvalue weighted by Gasteiger charge is 2.21. The molecule has 0 heterocycles. The second-order valence-corrected chi connectivity index (χ2v) is 5.83. The van der Waals surface area contributed by atoms with Crippen molar-refractivity contribution in [2.75, 3.05) is 7.05 Å². The zero-order chi connectivity index (χ0) is 15.1. The minimum Gasteiger partial charge on any atom is -0.494 e. The molecule has 0 aromatic heterocycles. The molecule has 0 radical (unpaired) electrons. The van der Waals surface area contributed by atoms with E-state index in [9.17, 15) is 0 Å². The predicted octanol–water partition coefficient (Wildman–Crippen LogP) is 5.08. The molecule has 1 rings (SSSR count). The molecule has 1 fully saturated rings. The molecule has 0 N–H and O–H groups in total. The molecule has 1 aliphatic rings. The molecule has 20 heavy (non-hydrogen) atoms. The van der Waals surface area contributed by atoms with Gasteiger partial charge in [0.1, 0.15) is 5.76 Å². The van der Waals surface area contributed by atoms with Crippen LogP contribution in [0, 0.1) is 5.92 Å². The van der Waals surface area contributed by atoms with Crippen molar-refractivity contribution in [3.8, 4) is 0 Å². The second kappa shape index (κ2) is 8.08.